The lowest BCUT2D eigenvalue weighted by molar-refractivity contribution is -0.118. The van der Waals surface area contributed by atoms with Crippen molar-refractivity contribution in [1.82, 2.24) is 0 Å². The third-order valence-corrected chi connectivity index (χ3v) is 7.56. The van der Waals surface area contributed by atoms with Gasteiger partial charge in [-0.25, -0.2) is 0 Å². The molecule has 1 heterocycles. The summed E-state index contributed by atoms with van der Waals surface area (Å²) in [6, 6.07) is 19.5. The second kappa shape index (κ2) is 12.1. The number of rotatable bonds is 8. The Morgan fingerprint density at radius 3 is 2.28 bits per heavy atom. The summed E-state index contributed by atoms with van der Waals surface area (Å²) in [4.78, 5) is 20.1. The van der Waals surface area contributed by atoms with Gasteiger partial charge in [0.1, 0.15) is 0 Å². The number of anilines is 1. The van der Waals surface area contributed by atoms with E-state index in [1.807, 2.05) is 67.3 Å². The molecule has 0 radical (unpaired) electrons. The van der Waals surface area contributed by atoms with Gasteiger partial charge in [-0.1, -0.05) is 48.4 Å². The molecule has 0 bridgehead atoms. The van der Waals surface area contributed by atoms with Crippen LogP contribution in [0, 0.1) is 0 Å². The second-order valence-corrected chi connectivity index (χ2v) is 10.6. The van der Waals surface area contributed by atoms with Crippen LogP contribution in [0.5, 0.6) is 11.5 Å². The number of nitrogens with zero attached hydrogens (tertiary/aromatic N) is 2. The van der Waals surface area contributed by atoms with Gasteiger partial charge in [-0.05, 0) is 92.8 Å². The normalized spacial score (nSPS) is 16.0. The maximum atomic E-state index is 13.8. The van der Waals surface area contributed by atoms with E-state index >= 15 is 0 Å². The van der Waals surface area contributed by atoms with E-state index in [4.69, 9.17) is 21.1 Å². The molecule has 1 unspecified atom stereocenters. The third kappa shape index (κ3) is 5.89. The number of amides is 1. The number of carbonyl (C=O) groups excluding carboxylic acids is 1. The lowest BCUT2D eigenvalue weighted by Gasteiger charge is -2.38. The van der Waals surface area contributed by atoms with Gasteiger partial charge in [-0.2, -0.15) is 0 Å². The maximum absolute atomic E-state index is 13.8. The van der Waals surface area contributed by atoms with Gasteiger partial charge < -0.3 is 14.4 Å². The number of hydrogen-bond acceptors (Lipinski definition) is 4. The van der Waals surface area contributed by atoms with Gasteiger partial charge in [0.15, 0.2) is 11.5 Å². The average Bonchev–Trinajstić information content (AvgIpc) is 2.93. The zero-order valence-electron chi connectivity index (χ0n) is 23.8. The van der Waals surface area contributed by atoms with Crippen molar-refractivity contribution < 1.29 is 14.3 Å². The monoisotopic (exact) mass is 544 g/mol. The summed E-state index contributed by atoms with van der Waals surface area (Å²) in [5, 5.41) is 0.648. The smallest absolute Gasteiger partial charge is 0.232 e. The van der Waals surface area contributed by atoms with E-state index in [9.17, 15) is 4.79 Å². The van der Waals surface area contributed by atoms with E-state index in [1.54, 1.807) is 14.2 Å². The second-order valence-electron chi connectivity index (χ2n) is 10.2. The van der Waals surface area contributed by atoms with Gasteiger partial charge in [-0.3, -0.25) is 9.79 Å². The summed E-state index contributed by atoms with van der Waals surface area (Å²) in [5.74, 6) is 1.33. The van der Waals surface area contributed by atoms with E-state index in [2.05, 4.69) is 37.9 Å². The lowest BCUT2D eigenvalue weighted by atomic mass is 9.86. The highest BCUT2D eigenvalue weighted by Gasteiger charge is 2.36. The van der Waals surface area contributed by atoms with Crippen LogP contribution in [-0.4, -0.2) is 31.9 Å². The van der Waals surface area contributed by atoms with Crippen LogP contribution in [0.3, 0.4) is 0 Å². The van der Waals surface area contributed by atoms with Gasteiger partial charge in [0.05, 0.1) is 25.7 Å². The van der Waals surface area contributed by atoms with Crippen LogP contribution in [0.4, 0.5) is 5.69 Å². The van der Waals surface area contributed by atoms with Crippen molar-refractivity contribution in [2.75, 3.05) is 19.1 Å². The fourth-order valence-corrected chi connectivity index (χ4v) is 5.26. The summed E-state index contributed by atoms with van der Waals surface area (Å²) in [7, 11) is 3.44. The Morgan fingerprint density at radius 1 is 1.05 bits per heavy atom. The summed E-state index contributed by atoms with van der Waals surface area (Å²) in [6.45, 7) is 10.3. The van der Waals surface area contributed by atoms with E-state index in [1.165, 1.54) is 5.57 Å². The Morgan fingerprint density at radius 2 is 1.72 bits per heavy atom. The van der Waals surface area contributed by atoms with E-state index < -0.39 is 0 Å². The van der Waals surface area contributed by atoms with Crippen molar-refractivity contribution in [2.45, 2.75) is 59.6 Å². The molecular weight excluding hydrogens is 508 g/mol. The SMILES string of the molecule is CC[C@@H](C)Oc1cc2c(cc1OC)CC(=O)N(c1ccc(C(C(C)=NC)=C(C)C)cc1)C2c1ccc(Cl)cc1. The van der Waals surface area contributed by atoms with Gasteiger partial charge in [-0.15, -0.1) is 0 Å². The molecule has 0 fully saturated rings. The first-order chi connectivity index (χ1) is 18.7. The number of ether oxygens (including phenoxy) is 2. The Bertz CT molecular complexity index is 1400. The molecule has 4 rings (SSSR count). The quantitative estimate of drug-likeness (QED) is 0.269. The topological polar surface area (TPSA) is 51.1 Å². The number of methoxy groups -OCH3 is 1. The summed E-state index contributed by atoms with van der Waals surface area (Å²) >= 11 is 6.25. The van der Waals surface area contributed by atoms with Crippen LogP contribution in [0.25, 0.3) is 5.57 Å². The fraction of sp³-hybridized carbons (Fsp3) is 0.333. The number of fused-ring (bicyclic) bond motifs is 1. The summed E-state index contributed by atoms with van der Waals surface area (Å²) in [6.07, 6.45) is 1.16. The van der Waals surface area contributed by atoms with Gasteiger partial charge in [0, 0.05) is 29.0 Å². The third-order valence-electron chi connectivity index (χ3n) is 7.31. The molecule has 6 heteroatoms. The molecule has 0 saturated heterocycles. The number of halogens is 1. The van der Waals surface area contributed by atoms with Crippen LogP contribution in [-0.2, 0) is 11.2 Å². The highest BCUT2D eigenvalue weighted by atomic mass is 35.5. The largest absolute Gasteiger partial charge is 0.493 e. The first-order valence-corrected chi connectivity index (χ1v) is 13.7. The predicted molar refractivity (Wildman–Crippen MR) is 162 cm³/mol. The zero-order chi connectivity index (χ0) is 28.3. The first-order valence-electron chi connectivity index (χ1n) is 13.3. The molecule has 3 aromatic carbocycles. The van der Waals surface area contributed by atoms with E-state index in [-0.39, 0.29) is 24.5 Å². The van der Waals surface area contributed by atoms with E-state index in [0.717, 1.165) is 45.6 Å². The van der Waals surface area contributed by atoms with Crippen LogP contribution in [0.1, 0.15) is 69.3 Å². The minimum absolute atomic E-state index is 0.0154. The minimum atomic E-state index is -0.351. The van der Waals surface area contributed by atoms with Crippen LogP contribution in [0.2, 0.25) is 5.02 Å². The standard InChI is InChI=1S/C33H37ClN2O3/c1-8-21(4)39-30-19-28-25(17-29(30)38-7)18-31(37)36(33(28)24-9-13-26(34)14-10-24)27-15-11-23(12-16-27)32(20(2)3)22(5)35-6/h9-17,19,21,33H,8,18H2,1-7H3/t21-,33?/m1/s1. The van der Waals surface area contributed by atoms with Crippen molar-refractivity contribution in [2.24, 2.45) is 4.99 Å². The highest BCUT2D eigenvalue weighted by Crippen LogP contribution is 2.44. The molecule has 0 aliphatic carbocycles. The van der Waals surface area contributed by atoms with Gasteiger partial charge in [0.25, 0.3) is 0 Å². The fourth-order valence-electron chi connectivity index (χ4n) is 5.13. The molecule has 0 spiro atoms. The predicted octanol–water partition coefficient (Wildman–Crippen LogP) is 8.09. The average molecular weight is 545 g/mol. The number of carbonyl (C=O) groups is 1. The van der Waals surface area contributed by atoms with Crippen molar-refractivity contribution in [3.8, 4) is 11.5 Å². The highest BCUT2D eigenvalue weighted by molar-refractivity contribution is 6.30. The Labute approximate surface area is 237 Å². The van der Waals surface area contributed by atoms with Crippen molar-refractivity contribution in [1.29, 1.82) is 0 Å². The molecule has 1 aliphatic heterocycles. The summed E-state index contributed by atoms with van der Waals surface area (Å²) in [5.41, 5.74) is 8.10. The van der Waals surface area contributed by atoms with Crippen LogP contribution < -0.4 is 14.4 Å². The van der Waals surface area contributed by atoms with Crippen LogP contribution in [0.15, 0.2) is 71.2 Å². The van der Waals surface area contributed by atoms with Crippen LogP contribution >= 0.6 is 11.6 Å². The number of benzene rings is 3. The molecule has 0 aromatic heterocycles. The minimum Gasteiger partial charge on any atom is -0.493 e. The molecule has 1 amide bonds. The summed E-state index contributed by atoms with van der Waals surface area (Å²) < 4.78 is 11.9. The number of aliphatic imine (C=N–C) groups is 1. The molecule has 2 atom stereocenters. The Kier molecular flexibility index (Phi) is 8.81. The Balaban J connectivity index is 1.87. The molecule has 0 saturated carbocycles. The van der Waals surface area contributed by atoms with Crippen molar-refractivity contribution in [3.63, 3.8) is 0 Å². The van der Waals surface area contributed by atoms with Crippen molar-refractivity contribution in [3.05, 3.63) is 93.5 Å². The number of allylic oxidation sites excluding steroid dienone is 2. The van der Waals surface area contributed by atoms with Crippen molar-refractivity contribution >= 4 is 34.5 Å². The zero-order valence-corrected chi connectivity index (χ0v) is 24.6. The first kappa shape index (κ1) is 28.4. The van der Waals surface area contributed by atoms with Gasteiger partial charge in [0.2, 0.25) is 5.91 Å². The molecule has 0 N–H and O–H groups in total. The van der Waals surface area contributed by atoms with Gasteiger partial charge >= 0.3 is 0 Å². The maximum Gasteiger partial charge on any atom is 0.232 e. The molecule has 1 aliphatic rings. The lowest BCUT2D eigenvalue weighted by Crippen LogP contribution is -2.41. The van der Waals surface area contributed by atoms with E-state index in [0.29, 0.717) is 16.5 Å². The molecule has 204 valence electrons. The Hall–Kier alpha value is -3.57. The molecule has 5 nitrogen and oxygen atoms in total. The molecular formula is C33H37ClN2O3. The molecule has 39 heavy (non-hydrogen) atoms. The number of hydrogen-bond donors (Lipinski definition) is 0. The molecule has 3 aromatic rings.